The molecule has 14 heteroatoms. The van der Waals surface area contributed by atoms with Crippen LogP contribution in [0, 0.1) is 11.8 Å². The maximum atomic E-state index is 11.9. The van der Waals surface area contributed by atoms with Gasteiger partial charge in [0, 0.05) is 75.7 Å². The van der Waals surface area contributed by atoms with Gasteiger partial charge in [-0.1, -0.05) is 13.2 Å². The van der Waals surface area contributed by atoms with E-state index < -0.39 is 0 Å². The fourth-order valence-corrected chi connectivity index (χ4v) is 5.86. The van der Waals surface area contributed by atoms with Crippen LogP contribution in [0.5, 0.6) is 0 Å². The molecule has 2 amide bonds. The number of anilines is 2. The van der Waals surface area contributed by atoms with Crippen LogP contribution in [0.25, 0.3) is 22.1 Å². The minimum Gasteiger partial charge on any atom is -0.396 e. The van der Waals surface area contributed by atoms with E-state index in [1.54, 1.807) is 9.80 Å². The third-order valence-corrected chi connectivity index (χ3v) is 7.95. The van der Waals surface area contributed by atoms with Crippen molar-refractivity contribution < 1.29 is 19.8 Å². The first kappa shape index (κ1) is 30.6. The molecule has 6 N–H and O–H groups in total. The number of hydrogen-bond acceptors (Lipinski definition) is 10. The zero-order valence-electron chi connectivity index (χ0n) is 24.4. The topological polar surface area (TPSA) is 188 Å². The summed E-state index contributed by atoms with van der Waals surface area (Å²) in [6.45, 7) is 9.43. The van der Waals surface area contributed by atoms with E-state index in [1.807, 2.05) is 24.5 Å². The van der Waals surface area contributed by atoms with Crippen molar-refractivity contribution >= 4 is 45.5 Å². The van der Waals surface area contributed by atoms with E-state index in [-0.39, 0.29) is 48.9 Å². The quantitative estimate of drug-likeness (QED) is 0.161. The standard InChI is InChI=1S/2C15H19N5O2/c2*1-2-13(22)20-6-10(8-21)5-11(7-20)19-15-12-3-4-16-14(12)17-9-18-15/h2*2-4,9-11,21H,1,5-8H2,(H2,16,17,18,19)/t2*10-,11+/m10/s1. The number of H-pyrrole nitrogens is 2. The molecule has 0 aliphatic carbocycles. The van der Waals surface area contributed by atoms with E-state index in [0.717, 1.165) is 46.5 Å². The molecule has 0 bridgehead atoms. The maximum absolute atomic E-state index is 11.9. The SMILES string of the molecule is C=CC(=O)N1C[C@@H](CO)C[C@@H](Nc2ncnc3[nH]ccc23)C1.C=CC(=O)N1C[C@H](CO)C[C@H](Nc2ncnc3[nH]ccc23)C1. The summed E-state index contributed by atoms with van der Waals surface area (Å²) in [6.07, 6.45) is 10.8. The smallest absolute Gasteiger partial charge is 0.246 e. The number of aromatic nitrogens is 6. The molecule has 4 atom stereocenters. The first-order chi connectivity index (χ1) is 21.4. The van der Waals surface area contributed by atoms with Gasteiger partial charge in [0.25, 0.3) is 0 Å². The third kappa shape index (κ3) is 7.03. The van der Waals surface area contributed by atoms with Gasteiger partial charge in [-0.25, -0.2) is 19.9 Å². The monoisotopic (exact) mass is 602 g/mol. The molecule has 6 rings (SSSR count). The second-order valence-corrected chi connectivity index (χ2v) is 11.1. The highest BCUT2D eigenvalue weighted by atomic mass is 16.3. The number of amides is 2. The highest BCUT2D eigenvalue weighted by molar-refractivity contribution is 5.89. The van der Waals surface area contributed by atoms with Crippen LogP contribution < -0.4 is 10.6 Å². The van der Waals surface area contributed by atoms with Crippen LogP contribution in [0.3, 0.4) is 0 Å². The van der Waals surface area contributed by atoms with Gasteiger partial charge in [0.1, 0.15) is 35.6 Å². The summed E-state index contributed by atoms with van der Waals surface area (Å²) in [5.74, 6) is 1.36. The molecule has 232 valence electrons. The van der Waals surface area contributed by atoms with Crippen molar-refractivity contribution in [3.63, 3.8) is 0 Å². The van der Waals surface area contributed by atoms with E-state index in [0.29, 0.717) is 26.2 Å². The Labute approximate surface area is 254 Å². The van der Waals surface area contributed by atoms with Gasteiger partial charge >= 0.3 is 0 Å². The number of rotatable bonds is 8. The maximum Gasteiger partial charge on any atom is 0.246 e. The number of fused-ring (bicyclic) bond motifs is 2. The summed E-state index contributed by atoms with van der Waals surface area (Å²) in [6, 6.07) is 3.89. The molecule has 0 aromatic carbocycles. The highest BCUT2D eigenvalue weighted by Crippen LogP contribution is 2.25. The lowest BCUT2D eigenvalue weighted by molar-refractivity contribution is -0.129. The predicted molar refractivity (Wildman–Crippen MR) is 167 cm³/mol. The van der Waals surface area contributed by atoms with Crippen molar-refractivity contribution in [1.82, 2.24) is 39.7 Å². The van der Waals surface area contributed by atoms with E-state index in [4.69, 9.17) is 0 Å². The largest absolute Gasteiger partial charge is 0.396 e. The number of piperidine rings is 2. The van der Waals surface area contributed by atoms with Crippen molar-refractivity contribution in [3.8, 4) is 0 Å². The molecule has 2 aliphatic rings. The van der Waals surface area contributed by atoms with Crippen LogP contribution in [0.4, 0.5) is 11.6 Å². The van der Waals surface area contributed by atoms with Crippen LogP contribution in [0.1, 0.15) is 12.8 Å². The number of aliphatic hydroxyl groups excluding tert-OH is 2. The summed E-state index contributed by atoms with van der Waals surface area (Å²) in [4.78, 5) is 50.1. The van der Waals surface area contributed by atoms with Crippen LogP contribution >= 0.6 is 0 Å². The van der Waals surface area contributed by atoms with E-state index in [9.17, 15) is 19.8 Å². The lowest BCUT2D eigenvalue weighted by Gasteiger charge is -2.37. The van der Waals surface area contributed by atoms with Crippen molar-refractivity contribution in [2.24, 2.45) is 11.8 Å². The van der Waals surface area contributed by atoms with Gasteiger partial charge in [-0.3, -0.25) is 9.59 Å². The van der Waals surface area contributed by atoms with Crippen molar-refractivity contribution in [2.45, 2.75) is 24.9 Å². The number of aromatic amines is 2. The van der Waals surface area contributed by atoms with Gasteiger partial charge in [0.05, 0.1) is 10.8 Å². The van der Waals surface area contributed by atoms with E-state index in [1.165, 1.54) is 24.8 Å². The molecule has 44 heavy (non-hydrogen) atoms. The summed E-state index contributed by atoms with van der Waals surface area (Å²) in [7, 11) is 0. The molecule has 14 nitrogen and oxygen atoms in total. The van der Waals surface area contributed by atoms with Crippen LogP contribution in [0.15, 0.2) is 62.5 Å². The summed E-state index contributed by atoms with van der Waals surface area (Å²) in [5, 5.41) is 27.5. The van der Waals surface area contributed by atoms with Crippen LogP contribution in [0.2, 0.25) is 0 Å². The Hall–Kier alpha value is -4.82. The molecular formula is C30H38N10O4. The number of hydrogen-bond donors (Lipinski definition) is 6. The lowest BCUT2D eigenvalue weighted by atomic mass is 9.94. The minimum absolute atomic E-state index is 0.0304. The van der Waals surface area contributed by atoms with Crippen LogP contribution in [-0.2, 0) is 9.59 Å². The molecule has 0 unspecified atom stereocenters. The normalized spacial score (nSPS) is 21.8. The predicted octanol–water partition coefficient (Wildman–Crippen LogP) is 1.53. The van der Waals surface area contributed by atoms with Gasteiger partial charge in [0.2, 0.25) is 11.8 Å². The van der Waals surface area contributed by atoms with E-state index in [2.05, 4.69) is 53.7 Å². The lowest BCUT2D eigenvalue weighted by Crippen LogP contribution is -2.49. The number of aliphatic hydroxyl groups is 2. The first-order valence-electron chi connectivity index (χ1n) is 14.6. The zero-order chi connectivity index (χ0) is 31.1. The number of likely N-dealkylation sites (tertiary alicyclic amines) is 2. The first-order valence-corrected chi connectivity index (χ1v) is 14.6. The molecule has 0 saturated carbocycles. The molecule has 4 aromatic rings. The Morgan fingerprint density at radius 3 is 1.59 bits per heavy atom. The van der Waals surface area contributed by atoms with Gasteiger partial charge in [-0.05, 0) is 37.1 Å². The number of carbonyl (C=O) groups excluding carboxylic acids is 2. The van der Waals surface area contributed by atoms with Gasteiger partial charge in [-0.2, -0.15) is 0 Å². The molecule has 0 spiro atoms. The Balaban J connectivity index is 0.000000175. The highest BCUT2D eigenvalue weighted by Gasteiger charge is 2.30. The average Bonchev–Trinajstić information content (AvgIpc) is 3.75. The third-order valence-electron chi connectivity index (χ3n) is 7.95. The molecular weight excluding hydrogens is 564 g/mol. The fourth-order valence-electron chi connectivity index (χ4n) is 5.86. The van der Waals surface area contributed by atoms with Crippen molar-refractivity contribution in [2.75, 3.05) is 50.0 Å². The van der Waals surface area contributed by atoms with Crippen molar-refractivity contribution in [1.29, 1.82) is 0 Å². The minimum atomic E-state index is -0.112. The Kier molecular flexibility index (Phi) is 9.82. The Morgan fingerprint density at radius 2 is 1.20 bits per heavy atom. The van der Waals surface area contributed by atoms with Gasteiger partial charge < -0.3 is 40.6 Å². The molecule has 4 aromatic heterocycles. The average molecular weight is 603 g/mol. The molecule has 2 aliphatic heterocycles. The summed E-state index contributed by atoms with van der Waals surface area (Å²) >= 11 is 0. The number of nitrogens with zero attached hydrogens (tertiary/aromatic N) is 6. The molecule has 6 heterocycles. The van der Waals surface area contributed by atoms with Crippen LogP contribution in [-0.4, -0.2) is 113 Å². The molecule has 2 saturated heterocycles. The second-order valence-electron chi connectivity index (χ2n) is 11.1. The molecule has 0 radical (unpaired) electrons. The summed E-state index contributed by atoms with van der Waals surface area (Å²) in [5.41, 5.74) is 1.54. The van der Waals surface area contributed by atoms with Gasteiger partial charge in [0.15, 0.2) is 0 Å². The van der Waals surface area contributed by atoms with E-state index >= 15 is 0 Å². The zero-order valence-corrected chi connectivity index (χ0v) is 24.4. The summed E-state index contributed by atoms with van der Waals surface area (Å²) < 4.78 is 0. The molecule has 2 fully saturated rings. The number of nitrogens with one attached hydrogen (secondary N) is 4. The Morgan fingerprint density at radius 1 is 0.773 bits per heavy atom. The fraction of sp³-hybridized carbons (Fsp3) is 0.400. The van der Waals surface area contributed by atoms with Crippen molar-refractivity contribution in [3.05, 3.63) is 62.5 Å². The second kappa shape index (κ2) is 14.1. The Bertz CT molecular complexity index is 1480. The number of carbonyl (C=O) groups is 2. The van der Waals surface area contributed by atoms with Gasteiger partial charge in [-0.15, -0.1) is 0 Å².